The Morgan fingerprint density at radius 2 is 1.90 bits per heavy atom. The van der Waals surface area contributed by atoms with E-state index in [0.29, 0.717) is 39.0 Å². The van der Waals surface area contributed by atoms with E-state index in [0.717, 1.165) is 25.5 Å². The van der Waals surface area contributed by atoms with Gasteiger partial charge in [-0.1, -0.05) is 0 Å². The first-order valence-electron chi connectivity index (χ1n) is 10.0. The van der Waals surface area contributed by atoms with Gasteiger partial charge in [-0.2, -0.15) is 18.3 Å². The van der Waals surface area contributed by atoms with Crippen LogP contribution in [-0.4, -0.2) is 63.2 Å². The molecule has 0 unspecified atom stereocenters. The second kappa shape index (κ2) is 5.89. The van der Waals surface area contributed by atoms with Crippen molar-refractivity contribution in [3.8, 4) is 0 Å². The Balaban J connectivity index is 1.10. The van der Waals surface area contributed by atoms with Gasteiger partial charge in [-0.25, -0.2) is 4.79 Å². The Bertz CT molecular complexity index is 860. The number of hydrogen-bond acceptors (Lipinski definition) is 3. The first kappa shape index (κ1) is 18.7. The molecular formula is C19H24F3N5O2. The second-order valence-corrected chi connectivity index (χ2v) is 9.46. The monoisotopic (exact) mass is 411 g/mol. The lowest BCUT2D eigenvalue weighted by atomic mass is 9.56. The normalized spacial score (nSPS) is 25.0. The fraction of sp³-hybridized carbons (Fsp3) is 0.737. The van der Waals surface area contributed by atoms with E-state index >= 15 is 0 Å². The van der Waals surface area contributed by atoms with E-state index in [1.165, 1.54) is 11.7 Å². The maximum absolute atomic E-state index is 13.1. The van der Waals surface area contributed by atoms with Gasteiger partial charge in [0.05, 0.1) is 16.8 Å². The van der Waals surface area contributed by atoms with Crippen LogP contribution in [0.4, 0.5) is 18.0 Å². The van der Waals surface area contributed by atoms with E-state index in [-0.39, 0.29) is 34.5 Å². The van der Waals surface area contributed by atoms with Crippen LogP contribution in [0.3, 0.4) is 0 Å². The number of alkyl halides is 3. The second-order valence-electron chi connectivity index (χ2n) is 9.46. The van der Waals surface area contributed by atoms with Gasteiger partial charge in [-0.05, 0) is 31.6 Å². The summed E-state index contributed by atoms with van der Waals surface area (Å²) >= 11 is 0. The van der Waals surface area contributed by atoms with Gasteiger partial charge in [0, 0.05) is 51.3 Å². The fourth-order valence-electron chi connectivity index (χ4n) is 5.69. The van der Waals surface area contributed by atoms with Crippen LogP contribution >= 0.6 is 0 Å². The topological polar surface area (TPSA) is 70.5 Å². The van der Waals surface area contributed by atoms with Crippen LogP contribution in [0.25, 0.3) is 0 Å². The average molecular weight is 411 g/mol. The Morgan fingerprint density at radius 3 is 2.48 bits per heavy atom. The number of aryl methyl sites for hydroxylation is 1. The van der Waals surface area contributed by atoms with E-state index in [4.69, 9.17) is 0 Å². The summed E-state index contributed by atoms with van der Waals surface area (Å²) in [6, 6.07) is 0.00920. The zero-order chi connectivity index (χ0) is 20.6. The molecule has 7 nitrogen and oxygen atoms in total. The minimum atomic E-state index is -4.38. The number of urea groups is 1. The van der Waals surface area contributed by atoms with Crippen LogP contribution in [0.5, 0.6) is 0 Å². The molecule has 1 aromatic rings. The number of hydrogen-bond donors (Lipinski definition) is 1. The quantitative estimate of drug-likeness (QED) is 0.807. The van der Waals surface area contributed by atoms with Crippen molar-refractivity contribution in [1.29, 1.82) is 0 Å². The number of carbonyl (C=O) groups is 2. The summed E-state index contributed by atoms with van der Waals surface area (Å²) in [4.78, 5) is 27.6. The lowest BCUT2D eigenvalue weighted by Crippen LogP contribution is -2.73. The smallest absolute Gasteiger partial charge is 0.347 e. The van der Waals surface area contributed by atoms with Gasteiger partial charge in [-0.15, -0.1) is 0 Å². The molecule has 0 bridgehead atoms. The van der Waals surface area contributed by atoms with Gasteiger partial charge < -0.3 is 15.1 Å². The Hall–Kier alpha value is -2.26. The molecule has 4 heterocycles. The van der Waals surface area contributed by atoms with Gasteiger partial charge in [0.1, 0.15) is 0 Å². The van der Waals surface area contributed by atoms with Gasteiger partial charge in [0.15, 0.2) is 0 Å². The molecule has 4 fully saturated rings. The predicted octanol–water partition coefficient (Wildman–Crippen LogP) is 1.78. The van der Waals surface area contributed by atoms with Crippen molar-refractivity contribution < 1.29 is 22.8 Å². The number of aromatic nitrogens is 2. The molecule has 0 atom stereocenters. The van der Waals surface area contributed by atoms with E-state index < -0.39 is 11.7 Å². The number of likely N-dealkylation sites (tertiary alicyclic amines) is 2. The number of amides is 3. The van der Waals surface area contributed by atoms with Crippen LogP contribution in [0.1, 0.15) is 36.9 Å². The molecule has 3 amide bonds. The van der Waals surface area contributed by atoms with Gasteiger partial charge in [0.25, 0.3) is 0 Å². The van der Waals surface area contributed by atoms with Crippen molar-refractivity contribution in [2.24, 2.45) is 18.4 Å². The summed E-state index contributed by atoms with van der Waals surface area (Å²) in [6.07, 6.45) is -0.00947. The van der Waals surface area contributed by atoms with E-state index in [2.05, 4.69) is 10.4 Å². The molecular weight excluding hydrogens is 387 g/mol. The average Bonchev–Trinajstić information content (AvgIpc) is 3.09. The number of nitrogens with zero attached hydrogens (tertiary/aromatic N) is 4. The first-order chi connectivity index (χ1) is 13.6. The summed E-state index contributed by atoms with van der Waals surface area (Å²) in [7, 11) is 1.51. The molecule has 158 valence electrons. The molecule has 1 N–H and O–H groups in total. The van der Waals surface area contributed by atoms with Crippen molar-refractivity contribution in [3.63, 3.8) is 0 Å². The van der Waals surface area contributed by atoms with Crippen molar-refractivity contribution in [2.45, 2.75) is 43.8 Å². The molecule has 4 aliphatic rings. The Kier molecular flexibility index (Phi) is 3.80. The van der Waals surface area contributed by atoms with E-state index in [1.807, 2.05) is 4.90 Å². The molecule has 10 heteroatoms. The number of carbonyl (C=O) groups excluding carboxylic acids is 2. The van der Waals surface area contributed by atoms with Crippen molar-refractivity contribution in [1.82, 2.24) is 24.9 Å². The van der Waals surface area contributed by atoms with Crippen LogP contribution in [0.15, 0.2) is 6.20 Å². The molecule has 3 saturated heterocycles. The summed E-state index contributed by atoms with van der Waals surface area (Å²) in [6.45, 7) is 2.49. The molecule has 0 radical (unpaired) electrons. The minimum absolute atomic E-state index is 0.00920. The molecule has 1 aromatic heterocycles. The van der Waals surface area contributed by atoms with Crippen LogP contribution in [0.2, 0.25) is 0 Å². The maximum atomic E-state index is 13.1. The van der Waals surface area contributed by atoms with E-state index in [1.54, 1.807) is 4.90 Å². The highest BCUT2D eigenvalue weighted by molar-refractivity contribution is 5.82. The lowest BCUT2D eigenvalue weighted by molar-refractivity contribution is -0.138. The third kappa shape index (κ3) is 3.07. The zero-order valence-corrected chi connectivity index (χ0v) is 16.3. The van der Waals surface area contributed by atoms with Crippen molar-refractivity contribution in [2.75, 3.05) is 26.2 Å². The molecule has 1 saturated carbocycles. The Morgan fingerprint density at radius 1 is 1.24 bits per heavy atom. The molecule has 29 heavy (non-hydrogen) atoms. The van der Waals surface area contributed by atoms with Crippen molar-refractivity contribution in [3.05, 3.63) is 17.5 Å². The zero-order valence-electron chi connectivity index (χ0n) is 16.3. The number of halogens is 3. The first-order valence-corrected chi connectivity index (χ1v) is 10.0. The third-order valence-electron chi connectivity index (χ3n) is 6.95. The highest BCUT2D eigenvalue weighted by atomic mass is 19.4. The van der Waals surface area contributed by atoms with Gasteiger partial charge >= 0.3 is 12.2 Å². The highest BCUT2D eigenvalue weighted by Gasteiger charge is 2.57. The lowest BCUT2D eigenvalue weighted by Gasteiger charge is -2.61. The molecule has 5 rings (SSSR count). The predicted molar refractivity (Wildman–Crippen MR) is 95.7 cm³/mol. The summed E-state index contributed by atoms with van der Waals surface area (Å²) < 4.78 is 40.6. The molecule has 0 aromatic carbocycles. The SMILES string of the molecule is Cn1cc(C(F)(F)F)c(CC2CC3(C2)CN(C(=O)N2CC4(CCC(=O)N4)C2)C3)n1. The van der Waals surface area contributed by atoms with Crippen molar-refractivity contribution >= 4 is 11.9 Å². The molecule has 2 spiro atoms. The highest BCUT2D eigenvalue weighted by Crippen LogP contribution is 2.53. The summed E-state index contributed by atoms with van der Waals surface area (Å²) in [5.74, 6) is 0.242. The fourth-order valence-corrected chi connectivity index (χ4v) is 5.69. The van der Waals surface area contributed by atoms with Crippen LogP contribution < -0.4 is 5.32 Å². The minimum Gasteiger partial charge on any atom is -0.347 e. The molecule has 3 aliphatic heterocycles. The maximum Gasteiger partial charge on any atom is 0.419 e. The number of nitrogens with one attached hydrogen (secondary N) is 1. The summed E-state index contributed by atoms with van der Waals surface area (Å²) in [5.41, 5.74) is -0.665. The largest absolute Gasteiger partial charge is 0.419 e. The Labute approximate surface area is 166 Å². The third-order valence-corrected chi connectivity index (χ3v) is 6.95. The van der Waals surface area contributed by atoms with Crippen LogP contribution in [0, 0.1) is 11.3 Å². The van der Waals surface area contributed by atoms with Gasteiger partial charge in [-0.3, -0.25) is 9.48 Å². The molecule has 1 aliphatic carbocycles. The number of rotatable bonds is 2. The van der Waals surface area contributed by atoms with Gasteiger partial charge in [0.2, 0.25) is 5.91 Å². The van der Waals surface area contributed by atoms with Crippen LogP contribution in [-0.2, 0) is 24.4 Å². The standard InChI is InChI=1S/C19H24F3N5O2/c1-25-7-13(19(20,21)22)14(24-25)4-12-5-17(6-12)8-26(9-17)16(29)27-10-18(11-27)3-2-15(28)23-18/h7,12H,2-6,8-11H2,1H3,(H,23,28). The van der Waals surface area contributed by atoms with E-state index in [9.17, 15) is 22.8 Å². The summed E-state index contributed by atoms with van der Waals surface area (Å²) in [5, 5.41) is 6.98.